The fourth-order valence-corrected chi connectivity index (χ4v) is 2.56. The molecule has 3 aromatic rings. The smallest absolute Gasteiger partial charge is 0.278 e. The number of hydrogen-bond donors (Lipinski definition) is 1. The first-order valence-corrected chi connectivity index (χ1v) is 8.95. The van der Waals surface area contributed by atoms with Gasteiger partial charge in [0.1, 0.15) is 12.4 Å². The Bertz CT molecular complexity index is 1030. The number of amides is 1. The van der Waals surface area contributed by atoms with Crippen LogP contribution in [0.5, 0.6) is 5.75 Å². The molecule has 0 radical (unpaired) electrons. The molecule has 1 amide bonds. The number of carbonyl (C=O) groups is 1. The minimum Gasteiger partial charge on any atom is -0.489 e. The van der Waals surface area contributed by atoms with E-state index < -0.39 is 10.8 Å². The van der Waals surface area contributed by atoms with Gasteiger partial charge in [0.15, 0.2) is 0 Å². The minimum absolute atomic E-state index is 0.0901. The van der Waals surface area contributed by atoms with Crippen molar-refractivity contribution in [3.05, 3.63) is 105 Å². The Hall–Kier alpha value is -3.71. The molecule has 0 spiro atoms. The van der Waals surface area contributed by atoms with Crippen LogP contribution in [0, 0.1) is 10.1 Å². The molecule has 8 heteroatoms. The lowest BCUT2D eigenvalue weighted by Crippen LogP contribution is -2.17. The van der Waals surface area contributed by atoms with E-state index in [1.54, 1.807) is 54.6 Å². The highest BCUT2D eigenvalue weighted by molar-refractivity contribution is 6.30. The molecule has 0 bridgehead atoms. The number of hydrazone groups is 1. The summed E-state index contributed by atoms with van der Waals surface area (Å²) in [6.45, 7) is 0.378. The quantitative estimate of drug-likeness (QED) is 0.351. The van der Waals surface area contributed by atoms with E-state index in [0.29, 0.717) is 28.5 Å². The van der Waals surface area contributed by atoms with Crippen LogP contribution in [-0.4, -0.2) is 17.0 Å². The number of nitro benzene ring substituents is 1. The van der Waals surface area contributed by atoms with Crippen LogP contribution in [-0.2, 0) is 6.61 Å². The lowest BCUT2D eigenvalue weighted by atomic mass is 10.2. The zero-order valence-corrected chi connectivity index (χ0v) is 15.9. The van der Waals surface area contributed by atoms with Crippen LogP contribution in [0.1, 0.15) is 21.5 Å². The van der Waals surface area contributed by atoms with E-state index in [1.807, 2.05) is 12.1 Å². The van der Waals surface area contributed by atoms with Crippen molar-refractivity contribution in [3.8, 4) is 5.75 Å². The maximum Gasteiger partial charge on any atom is 0.278 e. The van der Waals surface area contributed by atoms with Crippen molar-refractivity contribution in [2.75, 3.05) is 0 Å². The van der Waals surface area contributed by atoms with E-state index in [0.717, 1.165) is 5.56 Å². The number of benzene rings is 3. The van der Waals surface area contributed by atoms with Crippen LogP contribution in [0.3, 0.4) is 0 Å². The molecular weight excluding hydrogens is 394 g/mol. The van der Waals surface area contributed by atoms with Gasteiger partial charge in [0, 0.05) is 16.7 Å². The van der Waals surface area contributed by atoms with Gasteiger partial charge in [0.2, 0.25) is 0 Å². The van der Waals surface area contributed by atoms with Gasteiger partial charge in [0.05, 0.1) is 16.7 Å². The molecule has 0 saturated carbocycles. The summed E-state index contributed by atoms with van der Waals surface area (Å²) in [5.41, 5.74) is 3.91. The fourth-order valence-electron chi connectivity index (χ4n) is 2.44. The first kappa shape index (κ1) is 20.0. The second kappa shape index (κ2) is 9.48. The first-order chi connectivity index (χ1) is 14.0. The first-order valence-electron chi connectivity index (χ1n) is 8.57. The number of nitrogens with zero attached hydrogens (tertiary/aromatic N) is 2. The minimum atomic E-state index is -0.508. The largest absolute Gasteiger partial charge is 0.489 e. The van der Waals surface area contributed by atoms with Crippen LogP contribution in [0.15, 0.2) is 77.9 Å². The third-order valence-corrected chi connectivity index (χ3v) is 4.19. The van der Waals surface area contributed by atoms with Gasteiger partial charge in [-0.2, -0.15) is 5.10 Å². The van der Waals surface area contributed by atoms with Gasteiger partial charge >= 0.3 is 0 Å². The molecule has 0 aliphatic rings. The molecule has 1 N–H and O–H groups in total. The summed E-state index contributed by atoms with van der Waals surface area (Å²) < 4.78 is 5.67. The number of ether oxygens (including phenoxy) is 1. The van der Waals surface area contributed by atoms with Gasteiger partial charge < -0.3 is 4.74 Å². The Kier molecular flexibility index (Phi) is 6.55. The summed E-state index contributed by atoms with van der Waals surface area (Å²) >= 11 is 5.85. The standard InChI is InChI=1S/C21H16ClN3O4/c22-18-9-5-15(6-10-18)14-29-19-11-7-16(8-12-19)21(26)24-23-13-17-3-1-2-4-20(17)25(27)28/h1-13H,14H2,(H,24,26)/b23-13+. The zero-order chi connectivity index (χ0) is 20.6. The number of nitrogens with one attached hydrogen (secondary N) is 1. The molecule has 0 saturated heterocycles. The summed E-state index contributed by atoms with van der Waals surface area (Å²) in [5, 5.41) is 15.4. The van der Waals surface area contributed by atoms with Crippen molar-refractivity contribution in [3.63, 3.8) is 0 Å². The monoisotopic (exact) mass is 409 g/mol. The van der Waals surface area contributed by atoms with Crippen molar-refractivity contribution < 1.29 is 14.5 Å². The summed E-state index contributed by atoms with van der Waals surface area (Å²) in [7, 11) is 0. The van der Waals surface area contributed by atoms with E-state index in [1.165, 1.54) is 12.3 Å². The van der Waals surface area contributed by atoms with E-state index in [2.05, 4.69) is 10.5 Å². The molecule has 0 heterocycles. The second-order valence-electron chi connectivity index (χ2n) is 5.95. The average molecular weight is 410 g/mol. The lowest BCUT2D eigenvalue weighted by molar-refractivity contribution is -0.385. The van der Waals surface area contributed by atoms with E-state index in [-0.39, 0.29) is 5.69 Å². The highest BCUT2D eigenvalue weighted by atomic mass is 35.5. The van der Waals surface area contributed by atoms with Crippen molar-refractivity contribution in [2.45, 2.75) is 6.61 Å². The molecule has 0 fully saturated rings. The summed E-state index contributed by atoms with van der Waals surface area (Å²) in [6.07, 6.45) is 1.24. The molecule has 3 rings (SSSR count). The van der Waals surface area contributed by atoms with Crippen LogP contribution in [0.25, 0.3) is 0 Å². The van der Waals surface area contributed by atoms with Gasteiger partial charge in [-0.15, -0.1) is 0 Å². The Labute approximate surface area is 171 Å². The average Bonchev–Trinajstić information content (AvgIpc) is 2.74. The van der Waals surface area contributed by atoms with Crippen molar-refractivity contribution in [1.29, 1.82) is 0 Å². The summed E-state index contributed by atoms with van der Waals surface area (Å²) in [4.78, 5) is 22.6. The maximum absolute atomic E-state index is 12.2. The highest BCUT2D eigenvalue weighted by Gasteiger charge is 2.10. The molecular formula is C21H16ClN3O4. The Balaban J connectivity index is 1.56. The van der Waals surface area contributed by atoms with Crippen LogP contribution < -0.4 is 10.2 Å². The van der Waals surface area contributed by atoms with Gasteiger partial charge in [-0.05, 0) is 48.0 Å². The Morgan fingerprint density at radius 1 is 1.07 bits per heavy atom. The lowest BCUT2D eigenvalue weighted by Gasteiger charge is -2.07. The summed E-state index contributed by atoms with van der Waals surface area (Å²) in [6, 6.07) is 20.0. The number of hydrogen-bond acceptors (Lipinski definition) is 5. The fraction of sp³-hybridized carbons (Fsp3) is 0.0476. The zero-order valence-electron chi connectivity index (χ0n) is 15.1. The van der Waals surface area contributed by atoms with Crippen molar-refractivity contribution in [2.24, 2.45) is 5.10 Å². The van der Waals surface area contributed by atoms with Crippen LogP contribution >= 0.6 is 11.6 Å². The molecule has 146 valence electrons. The van der Waals surface area contributed by atoms with E-state index >= 15 is 0 Å². The van der Waals surface area contributed by atoms with E-state index in [4.69, 9.17) is 16.3 Å². The number of carbonyl (C=O) groups excluding carboxylic acids is 1. The SMILES string of the molecule is O=C(N/N=C/c1ccccc1[N+](=O)[O-])c1ccc(OCc2ccc(Cl)cc2)cc1. The van der Waals surface area contributed by atoms with Crippen LogP contribution in [0.4, 0.5) is 5.69 Å². The maximum atomic E-state index is 12.2. The Morgan fingerprint density at radius 2 is 1.76 bits per heavy atom. The van der Waals surface area contributed by atoms with E-state index in [9.17, 15) is 14.9 Å². The van der Waals surface area contributed by atoms with Gasteiger partial charge in [-0.1, -0.05) is 35.9 Å². The number of rotatable bonds is 7. The normalized spacial score (nSPS) is 10.7. The highest BCUT2D eigenvalue weighted by Crippen LogP contribution is 2.17. The molecule has 0 aromatic heterocycles. The molecule has 29 heavy (non-hydrogen) atoms. The van der Waals surface area contributed by atoms with Gasteiger partial charge in [-0.3, -0.25) is 14.9 Å². The van der Waals surface area contributed by atoms with Gasteiger partial charge in [0.25, 0.3) is 11.6 Å². The predicted octanol–water partition coefficient (Wildman–Crippen LogP) is 4.59. The topological polar surface area (TPSA) is 93.8 Å². The molecule has 0 aliphatic heterocycles. The predicted molar refractivity (Wildman–Crippen MR) is 110 cm³/mol. The molecule has 0 unspecified atom stereocenters. The van der Waals surface area contributed by atoms with Crippen LogP contribution in [0.2, 0.25) is 5.02 Å². The molecule has 0 aliphatic carbocycles. The van der Waals surface area contributed by atoms with Crippen molar-refractivity contribution >= 4 is 29.4 Å². The summed E-state index contributed by atoms with van der Waals surface area (Å²) in [5.74, 6) is 0.170. The van der Waals surface area contributed by atoms with Crippen molar-refractivity contribution in [1.82, 2.24) is 5.43 Å². The Morgan fingerprint density at radius 3 is 2.45 bits per heavy atom. The third-order valence-electron chi connectivity index (χ3n) is 3.94. The number of para-hydroxylation sites is 1. The molecule has 0 atom stereocenters. The number of nitro groups is 1. The molecule has 7 nitrogen and oxygen atoms in total. The third kappa shape index (κ3) is 5.63. The second-order valence-corrected chi connectivity index (χ2v) is 6.39. The van der Waals surface area contributed by atoms with Gasteiger partial charge in [-0.25, -0.2) is 5.43 Å². The number of halogens is 1. The molecule has 3 aromatic carbocycles.